The summed E-state index contributed by atoms with van der Waals surface area (Å²) in [6.07, 6.45) is 1.80. The number of benzene rings is 2. The Balaban J connectivity index is 1.95. The van der Waals surface area contributed by atoms with Gasteiger partial charge in [-0.1, -0.05) is 6.07 Å². The van der Waals surface area contributed by atoms with Crippen LogP contribution in [0.2, 0.25) is 0 Å². The van der Waals surface area contributed by atoms with Gasteiger partial charge in [0.25, 0.3) is 0 Å². The lowest BCUT2D eigenvalue weighted by Gasteiger charge is -2.10. The van der Waals surface area contributed by atoms with E-state index in [2.05, 4.69) is 16.5 Å². The number of hydrogen-bond donors (Lipinski definition) is 1. The van der Waals surface area contributed by atoms with Gasteiger partial charge in [0.2, 0.25) is 0 Å². The molecule has 4 heteroatoms. The van der Waals surface area contributed by atoms with E-state index < -0.39 is 0 Å². The van der Waals surface area contributed by atoms with Crippen LogP contribution >= 0.6 is 0 Å². The highest BCUT2D eigenvalue weighted by Crippen LogP contribution is 2.21. The standard InChI is InChI=1S/C19H18N2O2/c1-14-6-7-17(13-20-15-4-3-5-18(22)12-15)21(14)16-8-10-19(23-2)11-9-16/h3-13,22H,1-2H3. The molecule has 0 spiro atoms. The second-order valence-corrected chi connectivity index (χ2v) is 5.21. The summed E-state index contributed by atoms with van der Waals surface area (Å²) in [6, 6.07) is 18.8. The number of aryl methyl sites for hydroxylation is 1. The van der Waals surface area contributed by atoms with Gasteiger partial charge in [-0.3, -0.25) is 4.99 Å². The molecule has 1 heterocycles. The predicted octanol–water partition coefficient (Wildman–Crippen LogP) is 4.25. The minimum Gasteiger partial charge on any atom is -0.508 e. The molecule has 0 atom stereocenters. The maximum Gasteiger partial charge on any atom is 0.119 e. The second-order valence-electron chi connectivity index (χ2n) is 5.21. The summed E-state index contributed by atoms with van der Waals surface area (Å²) in [5.74, 6) is 1.04. The van der Waals surface area contributed by atoms with Crippen LogP contribution in [-0.2, 0) is 0 Å². The summed E-state index contributed by atoms with van der Waals surface area (Å²) in [7, 11) is 1.66. The van der Waals surface area contributed by atoms with E-state index in [1.54, 1.807) is 31.5 Å². The SMILES string of the molecule is COc1ccc(-n2c(C)ccc2C=Nc2cccc(O)c2)cc1. The number of nitrogens with zero attached hydrogens (tertiary/aromatic N) is 2. The van der Waals surface area contributed by atoms with Crippen LogP contribution in [0.25, 0.3) is 5.69 Å². The third-order valence-electron chi connectivity index (χ3n) is 3.61. The van der Waals surface area contributed by atoms with Crippen LogP contribution in [0.15, 0.2) is 65.7 Å². The number of aromatic hydroxyl groups is 1. The molecular formula is C19H18N2O2. The molecule has 116 valence electrons. The Bertz CT molecular complexity index is 833. The molecule has 2 aromatic carbocycles. The molecule has 1 aromatic heterocycles. The van der Waals surface area contributed by atoms with Gasteiger partial charge in [-0.15, -0.1) is 0 Å². The lowest BCUT2D eigenvalue weighted by Crippen LogP contribution is -2.01. The van der Waals surface area contributed by atoms with Crippen LogP contribution in [0.3, 0.4) is 0 Å². The maximum absolute atomic E-state index is 9.51. The van der Waals surface area contributed by atoms with Gasteiger partial charge < -0.3 is 14.4 Å². The zero-order valence-corrected chi connectivity index (χ0v) is 13.1. The average molecular weight is 306 g/mol. The number of rotatable bonds is 4. The number of ether oxygens (including phenoxy) is 1. The summed E-state index contributed by atoms with van der Waals surface area (Å²) >= 11 is 0. The number of aliphatic imine (C=N–C) groups is 1. The number of hydrogen-bond acceptors (Lipinski definition) is 3. The predicted molar refractivity (Wildman–Crippen MR) is 92.4 cm³/mol. The van der Waals surface area contributed by atoms with Gasteiger partial charge in [0.05, 0.1) is 24.7 Å². The van der Waals surface area contributed by atoms with Crippen molar-refractivity contribution in [3.05, 3.63) is 72.1 Å². The van der Waals surface area contributed by atoms with Gasteiger partial charge in [-0.2, -0.15) is 0 Å². The molecule has 0 aliphatic carbocycles. The van der Waals surface area contributed by atoms with E-state index in [-0.39, 0.29) is 5.75 Å². The van der Waals surface area contributed by atoms with Crippen LogP contribution in [0.5, 0.6) is 11.5 Å². The van der Waals surface area contributed by atoms with Gasteiger partial charge >= 0.3 is 0 Å². The van der Waals surface area contributed by atoms with E-state index >= 15 is 0 Å². The smallest absolute Gasteiger partial charge is 0.119 e. The summed E-state index contributed by atoms with van der Waals surface area (Å²) in [5, 5.41) is 9.51. The Morgan fingerprint density at radius 1 is 1.04 bits per heavy atom. The van der Waals surface area contributed by atoms with E-state index in [9.17, 15) is 5.11 Å². The highest BCUT2D eigenvalue weighted by atomic mass is 16.5. The zero-order chi connectivity index (χ0) is 16.2. The van der Waals surface area contributed by atoms with Crippen molar-refractivity contribution >= 4 is 11.9 Å². The van der Waals surface area contributed by atoms with Gasteiger partial charge in [0.1, 0.15) is 11.5 Å². The fraction of sp³-hybridized carbons (Fsp3) is 0.105. The summed E-state index contributed by atoms with van der Waals surface area (Å²) in [5.41, 5.74) is 3.85. The molecule has 0 aliphatic heterocycles. The Morgan fingerprint density at radius 2 is 1.83 bits per heavy atom. The summed E-state index contributed by atoms with van der Waals surface area (Å²) in [6.45, 7) is 2.05. The van der Waals surface area contributed by atoms with E-state index in [1.165, 1.54) is 0 Å². The topological polar surface area (TPSA) is 46.8 Å². The monoisotopic (exact) mass is 306 g/mol. The van der Waals surface area contributed by atoms with E-state index in [0.29, 0.717) is 5.69 Å². The molecule has 0 radical (unpaired) electrons. The molecule has 0 saturated heterocycles. The van der Waals surface area contributed by atoms with Crippen molar-refractivity contribution in [2.45, 2.75) is 6.92 Å². The van der Waals surface area contributed by atoms with Crippen molar-refractivity contribution in [2.75, 3.05) is 7.11 Å². The summed E-state index contributed by atoms with van der Waals surface area (Å²) in [4.78, 5) is 4.44. The molecule has 0 aliphatic rings. The largest absolute Gasteiger partial charge is 0.508 e. The Morgan fingerprint density at radius 3 is 2.52 bits per heavy atom. The van der Waals surface area contributed by atoms with Crippen molar-refractivity contribution in [1.29, 1.82) is 0 Å². The van der Waals surface area contributed by atoms with Crippen molar-refractivity contribution in [3.8, 4) is 17.2 Å². The number of phenols is 1. The normalized spacial score (nSPS) is 11.0. The van der Waals surface area contributed by atoms with E-state index in [4.69, 9.17) is 4.74 Å². The molecule has 0 amide bonds. The quantitative estimate of drug-likeness (QED) is 0.732. The first-order chi connectivity index (χ1) is 11.2. The molecule has 0 fully saturated rings. The average Bonchev–Trinajstić information content (AvgIpc) is 2.94. The van der Waals surface area contributed by atoms with Crippen molar-refractivity contribution in [2.24, 2.45) is 4.99 Å². The number of phenolic OH excluding ortho intramolecular Hbond substituents is 1. The molecule has 0 unspecified atom stereocenters. The molecule has 3 rings (SSSR count). The lowest BCUT2D eigenvalue weighted by molar-refractivity contribution is 0.414. The molecular weight excluding hydrogens is 288 g/mol. The third kappa shape index (κ3) is 3.26. The van der Waals surface area contributed by atoms with E-state index in [0.717, 1.165) is 22.8 Å². The number of methoxy groups -OCH3 is 1. The van der Waals surface area contributed by atoms with Crippen molar-refractivity contribution < 1.29 is 9.84 Å². The molecule has 23 heavy (non-hydrogen) atoms. The Labute approximate surface area is 135 Å². The first-order valence-corrected chi connectivity index (χ1v) is 7.33. The fourth-order valence-electron chi connectivity index (χ4n) is 2.46. The van der Waals surface area contributed by atoms with E-state index in [1.807, 2.05) is 42.5 Å². The minimum atomic E-state index is 0.210. The fourth-order valence-corrected chi connectivity index (χ4v) is 2.46. The van der Waals surface area contributed by atoms with Crippen molar-refractivity contribution in [1.82, 2.24) is 4.57 Å². The first-order valence-electron chi connectivity index (χ1n) is 7.33. The second kappa shape index (κ2) is 6.40. The van der Waals surface area contributed by atoms with Gasteiger partial charge in [-0.25, -0.2) is 0 Å². The highest BCUT2D eigenvalue weighted by molar-refractivity contribution is 5.81. The molecule has 0 bridgehead atoms. The van der Waals surface area contributed by atoms with Gasteiger partial charge in [-0.05, 0) is 55.5 Å². The Kier molecular flexibility index (Phi) is 4.15. The van der Waals surface area contributed by atoms with Crippen LogP contribution in [-0.4, -0.2) is 23.0 Å². The number of aromatic nitrogens is 1. The third-order valence-corrected chi connectivity index (χ3v) is 3.61. The van der Waals surface area contributed by atoms with Crippen molar-refractivity contribution in [3.63, 3.8) is 0 Å². The summed E-state index contributed by atoms with van der Waals surface area (Å²) < 4.78 is 7.32. The van der Waals surface area contributed by atoms with Crippen LogP contribution < -0.4 is 4.74 Å². The maximum atomic E-state index is 9.51. The zero-order valence-electron chi connectivity index (χ0n) is 13.1. The van der Waals surface area contributed by atoms with Gasteiger partial charge in [0.15, 0.2) is 0 Å². The van der Waals surface area contributed by atoms with Gasteiger partial charge in [0, 0.05) is 17.4 Å². The Hall–Kier alpha value is -3.01. The molecule has 0 saturated carbocycles. The van der Waals surface area contributed by atoms with Crippen LogP contribution in [0.1, 0.15) is 11.4 Å². The minimum absolute atomic E-state index is 0.210. The molecule has 3 aromatic rings. The molecule has 1 N–H and O–H groups in total. The highest BCUT2D eigenvalue weighted by Gasteiger charge is 2.06. The van der Waals surface area contributed by atoms with Crippen LogP contribution in [0.4, 0.5) is 5.69 Å². The lowest BCUT2D eigenvalue weighted by atomic mass is 10.3. The van der Waals surface area contributed by atoms with Crippen LogP contribution in [0, 0.1) is 6.92 Å². The first kappa shape index (κ1) is 14.9. The molecule has 4 nitrogen and oxygen atoms in total.